The molecule has 0 saturated carbocycles. The average molecular weight is 296 g/mol. The van der Waals surface area contributed by atoms with Gasteiger partial charge in [0.05, 0.1) is 7.11 Å². The van der Waals surface area contributed by atoms with E-state index >= 15 is 0 Å². The van der Waals surface area contributed by atoms with Gasteiger partial charge in [0.2, 0.25) is 0 Å². The molecule has 1 heterocycles. The molecule has 2 aromatic carbocycles. The van der Waals surface area contributed by atoms with E-state index in [9.17, 15) is 9.90 Å². The van der Waals surface area contributed by atoms with Crippen molar-refractivity contribution in [2.45, 2.75) is 12.2 Å². The van der Waals surface area contributed by atoms with Crippen molar-refractivity contribution >= 4 is 11.5 Å². The molecule has 0 spiro atoms. The van der Waals surface area contributed by atoms with Crippen molar-refractivity contribution in [1.82, 2.24) is 0 Å². The Bertz CT molecular complexity index is 692. The smallest absolute Gasteiger partial charge is 0.343 e. The average Bonchev–Trinajstić information content (AvgIpc) is 2.92. The van der Waals surface area contributed by atoms with Crippen molar-refractivity contribution < 1.29 is 19.4 Å². The zero-order chi connectivity index (χ0) is 15.5. The third-order valence-electron chi connectivity index (χ3n) is 3.65. The number of hydrogen-bond donors (Lipinski definition) is 1. The van der Waals surface area contributed by atoms with Gasteiger partial charge in [0.15, 0.2) is 11.9 Å². The van der Waals surface area contributed by atoms with Crippen LogP contribution in [0.5, 0.6) is 0 Å². The third-order valence-corrected chi connectivity index (χ3v) is 3.65. The number of aliphatic hydroxyl groups excluding tert-OH is 1. The molecule has 0 radical (unpaired) electrons. The molecule has 0 aromatic heterocycles. The van der Waals surface area contributed by atoms with Crippen LogP contribution >= 0.6 is 0 Å². The van der Waals surface area contributed by atoms with Crippen LogP contribution in [0.3, 0.4) is 0 Å². The summed E-state index contributed by atoms with van der Waals surface area (Å²) in [5.41, 5.74) is 1.75. The van der Waals surface area contributed by atoms with E-state index < -0.39 is 18.2 Å². The Labute approximate surface area is 128 Å². The lowest BCUT2D eigenvalue weighted by Gasteiger charge is -2.19. The molecule has 1 N–H and O–H groups in total. The molecular formula is C18H16O4. The van der Waals surface area contributed by atoms with E-state index in [-0.39, 0.29) is 0 Å². The van der Waals surface area contributed by atoms with Crippen LogP contribution in [0, 0.1) is 0 Å². The maximum absolute atomic E-state index is 12.2. The van der Waals surface area contributed by atoms with Crippen LogP contribution in [0.2, 0.25) is 0 Å². The van der Waals surface area contributed by atoms with Gasteiger partial charge >= 0.3 is 5.97 Å². The molecule has 4 heteroatoms. The molecule has 0 amide bonds. The molecular weight excluding hydrogens is 280 g/mol. The fraction of sp³-hybridized carbons (Fsp3) is 0.167. The van der Waals surface area contributed by atoms with Crippen molar-refractivity contribution in [3.8, 4) is 0 Å². The normalized spacial score (nSPS) is 19.0. The predicted octanol–water partition coefficient (Wildman–Crippen LogP) is 2.70. The molecule has 4 nitrogen and oxygen atoms in total. The van der Waals surface area contributed by atoms with Gasteiger partial charge < -0.3 is 14.6 Å². The van der Waals surface area contributed by atoms with Crippen molar-refractivity contribution in [3.63, 3.8) is 0 Å². The number of benzene rings is 2. The molecule has 2 unspecified atom stereocenters. The molecule has 22 heavy (non-hydrogen) atoms. The first-order valence-corrected chi connectivity index (χ1v) is 7.00. The summed E-state index contributed by atoms with van der Waals surface area (Å²) in [6.45, 7) is 0. The first-order valence-electron chi connectivity index (χ1n) is 7.00. The fourth-order valence-electron chi connectivity index (χ4n) is 2.59. The van der Waals surface area contributed by atoms with Gasteiger partial charge in [-0.2, -0.15) is 0 Å². The topological polar surface area (TPSA) is 55.8 Å². The first kappa shape index (κ1) is 14.4. The maximum atomic E-state index is 12.2. The van der Waals surface area contributed by atoms with Crippen LogP contribution in [-0.2, 0) is 14.3 Å². The second-order valence-corrected chi connectivity index (χ2v) is 4.99. The molecule has 0 fully saturated rings. The van der Waals surface area contributed by atoms with Gasteiger partial charge in [0.1, 0.15) is 11.7 Å². The third kappa shape index (κ3) is 2.49. The minimum Gasteiger partial charge on any atom is -0.496 e. The molecule has 1 aliphatic rings. The van der Waals surface area contributed by atoms with Crippen LogP contribution in [0.15, 0.2) is 66.4 Å². The molecule has 2 atom stereocenters. The van der Waals surface area contributed by atoms with Crippen molar-refractivity contribution in [2.75, 3.05) is 7.11 Å². The molecule has 3 rings (SSSR count). The quantitative estimate of drug-likeness (QED) is 0.881. The van der Waals surface area contributed by atoms with E-state index in [4.69, 9.17) is 9.47 Å². The van der Waals surface area contributed by atoms with E-state index in [1.165, 1.54) is 7.11 Å². The van der Waals surface area contributed by atoms with Gasteiger partial charge in [-0.3, -0.25) is 0 Å². The summed E-state index contributed by atoms with van der Waals surface area (Å²) in [7, 11) is 1.48. The summed E-state index contributed by atoms with van der Waals surface area (Å²) in [4.78, 5) is 12.2. The van der Waals surface area contributed by atoms with Gasteiger partial charge in [-0.05, 0) is 11.1 Å². The lowest BCUT2D eigenvalue weighted by Crippen LogP contribution is -2.22. The van der Waals surface area contributed by atoms with Crippen molar-refractivity contribution in [2.24, 2.45) is 0 Å². The summed E-state index contributed by atoms with van der Waals surface area (Å²) < 4.78 is 10.7. The van der Waals surface area contributed by atoms with Gasteiger partial charge in [0.25, 0.3) is 0 Å². The summed E-state index contributed by atoms with van der Waals surface area (Å²) >= 11 is 0. The Morgan fingerprint density at radius 2 is 1.64 bits per heavy atom. The van der Waals surface area contributed by atoms with Gasteiger partial charge in [-0.1, -0.05) is 60.7 Å². The van der Waals surface area contributed by atoms with E-state index in [0.717, 1.165) is 0 Å². The second kappa shape index (κ2) is 6.03. The molecule has 2 aromatic rings. The number of aliphatic hydroxyl groups is 1. The monoisotopic (exact) mass is 296 g/mol. The zero-order valence-corrected chi connectivity index (χ0v) is 12.1. The van der Waals surface area contributed by atoms with Crippen LogP contribution in [0.25, 0.3) is 5.57 Å². The minimum absolute atomic E-state index is 0.354. The summed E-state index contributed by atoms with van der Waals surface area (Å²) in [6.07, 6.45) is -1.81. The second-order valence-electron chi connectivity index (χ2n) is 4.99. The number of cyclic esters (lactones) is 1. The molecule has 0 saturated heterocycles. The molecule has 0 aliphatic carbocycles. The highest BCUT2D eigenvalue weighted by molar-refractivity contribution is 6.19. The van der Waals surface area contributed by atoms with Crippen molar-refractivity contribution in [1.29, 1.82) is 0 Å². The first-order chi connectivity index (χ1) is 10.7. The van der Waals surface area contributed by atoms with E-state index in [2.05, 4.69) is 0 Å². The number of rotatable bonds is 4. The van der Waals surface area contributed by atoms with Gasteiger partial charge in [-0.15, -0.1) is 0 Å². The lowest BCUT2D eigenvalue weighted by atomic mass is 9.99. The fourth-order valence-corrected chi connectivity index (χ4v) is 2.59. The van der Waals surface area contributed by atoms with Crippen molar-refractivity contribution in [3.05, 3.63) is 77.5 Å². The van der Waals surface area contributed by atoms with Crippen LogP contribution < -0.4 is 0 Å². The summed E-state index contributed by atoms with van der Waals surface area (Å²) in [5.74, 6) is -0.129. The number of esters is 1. The highest BCUT2D eigenvalue weighted by Gasteiger charge is 2.40. The number of ether oxygens (including phenoxy) is 2. The number of hydrogen-bond acceptors (Lipinski definition) is 4. The number of carbonyl (C=O) groups excluding carboxylic acids is 1. The van der Waals surface area contributed by atoms with E-state index in [0.29, 0.717) is 22.5 Å². The summed E-state index contributed by atoms with van der Waals surface area (Å²) in [5, 5.41) is 10.5. The maximum Gasteiger partial charge on any atom is 0.343 e. The molecule has 1 aliphatic heterocycles. The minimum atomic E-state index is -0.971. The molecule has 0 bridgehead atoms. The van der Waals surface area contributed by atoms with Crippen LogP contribution in [0.1, 0.15) is 17.2 Å². The largest absolute Gasteiger partial charge is 0.496 e. The standard InChI is InChI=1S/C18H16O4/c1-21-16-14(12-8-4-2-5-9-12)18(20)22-17(16)15(19)13-10-6-3-7-11-13/h2-11,15,17,19H,1H3. The van der Waals surface area contributed by atoms with Crippen LogP contribution in [-0.4, -0.2) is 24.3 Å². The van der Waals surface area contributed by atoms with Crippen LogP contribution in [0.4, 0.5) is 0 Å². The Kier molecular flexibility index (Phi) is 3.94. The predicted molar refractivity (Wildman–Crippen MR) is 81.7 cm³/mol. The Morgan fingerprint density at radius 3 is 2.23 bits per heavy atom. The van der Waals surface area contributed by atoms with E-state index in [1.54, 1.807) is 12.1 Å². The lowest BCUT2D eigenvalue weighted by molar-refractivity contribution is -0.143. The number of methoxy groups -OCH3 is 1. The van der Waals surface area contributed by atoms with Gasteiger partial charge in [-0.25, -0.2) is 4.79 Å². The highest BCUT2D eigenvalue weighted by Crippen LogP contribution is 2.36. The Balaban J connectivity index is 2.01. The molecule has 112 valence electrons. The SMILES string of the molecule is COC1=C(c2ccccc2)C(=O)OC1C(O)c1ccccc1. The number of carbonyl (C=O) groups is 1. The van der Waals surface area contributed by atoms with Gasteiger partial charge in [0, 0.05) is 0 Å². The summed E-state index contributed by atoms with van der Waals surface area (Å²) in [6, 6.07) is 18.2. The van der Waals surface area contributed by atoms with E-state index in [1.807, 2.05) is 48.5 Å². The zero-order valence-electron chi connectivity index (χ0n) is 12.1. The Hall–Kier alpha value is -2.59. The highest BCUT2D eigenvalue weighted by atomic mass is 16.6. The Morgan fingerprint density at radius 1 is 1.05 bits per heavy atom.